The average molecular weight is 85.1 g/mol. The van der Waals surface area contributed by atoms with Crippen LogP contribution in [0, 0.1) is 6.42 Å². The van der Waals surface area contributed by atoms with E-state index < -0.39 is 0 Å². The molecule has 1 radical (unpaired) electrons. The van der Waals surface area contributed by atoms with E-state index in [1.54, 1.807) is 0 Å². The monoisotopic (exact) mass is 85.1 g/mol. The highest BCUT2D eigenvalue weighted by Crippen LogP contribution is 2.20. The van der Waals surface area contributed by atoms with E-state index in [-0.39, 0.29) is 0 Å². The van der Waals surface area contributed by atoms with Crippen LogP contribution in [0.3, 0.4) is 0 Å². The molecule has 0 aliphatic heterocycles. The van der Waals surface area contributed by atoms with Crippen LogP contribution in [-0.2, 0) is 4.74 Å². The Morgan fingerprint density at radius 2 is 2.67 bits per heavy atom. The third kappa shape index (κ3) is 0.977. The fourth-order valence-electron chi connectivity index (χ4n) is 0.406. The molecule has 0 unspecified atom stereocenters. The molecule has 0 N–H and O–H groups in total. The Hall–Kier alpha value is -0.0400. The summed E-state index contributed by atoms with van der Waals surface area (Å²) < 4.78 is 5.10. The highest BCUT2D eigenvalue weighted by Gasteiger charge is 2.21. The van der Waals surface area contributed by atoms with Gasteiger partial charge < -0.3 is 4.74 Å². The lowest BCUT2D eigenvalue weighted by atomic mass is 10.8. The van der Waals surface area contributed by atoms with Crippen molar-refractivity contribution in [2.45, 2.75) is 19.4 Å². The molecule has 6 heavy (non-hydrogen) atoms. The number of rotatable bonds is 2. The van der Waals surface area contributed by atoms with Gasteiger partial charge in [0.1, 0.15) is 0 Å². The predicted octanol–water partition coefficient (Wildman–Crippen LogP) is 0.999. The molecule has 1 aliphatic carbocycles. The second-order valence-corrected chi connectivity index (χ2v) is 1.47. The summed E-state index contributed by atoms with van der Waals surface area (Å²) >= 11 is 0. The Kier molecular flexibility index (Phi) is 1.10. The Morgan fingerprint density at radius 3 is 2.83 bits per heavy atom. The first kappa shape index (κ1) is 4.13. The van der Waals surface area contributed by atoms with E-state index in [2.05, 4.69) is 6.42 Å². The molecule has 1 atom stereocenters. The smallest absolute Gasteiger partial charge is 0.0611 e. The van der Waals surface area contributed by atoms with Gasteiger partial charge in [0.05, 0.1) is 6.10 Å². The van der Waals surface area contributed by atoms with Crippen molar-refractivity contribution in [2.24, 2.45) is 0 Å². The zero-order valence-electron chi connectivity index (χ0n) is 3.98. The van der Waals surface area contributed by atoms with Crippen LogP contribution in [0.1, 0.15) is 13.3 Å². The molecule has 35 valence electrons. The summed E-state index contributed by atoms with van der Waals surface area (Å²) in [6.45, 7) is 2.88. The topological polar surface area (TPSA) is 9.23 Å². The maximum Gasteiger partial charge on any atom is 0.0611 e. The molecular formula is C5H9O. The van der Waals surface area contributed by atoms with Gasteiger partial charge in [-0.25, -0.2) is 0 Å². The molecule has 0 saturated heterocycles. The van der Waals surface area contributed by atoms with Gasteiger partial charge >= 0.3 is 0 Å². The summed E-state index contributed by atoms with van der Waals surface area (Å²) in [6.07, 6.45) is 3.85. The maximum absolute atomic E-state index is 5.10. The van der Waals surface area contributed by atoms with Crippen LogP contribution in [0.5, 0.6) is 0 Å². The van der Waals surface area contributed by atoms with E-state index in [1.807, 2.05) is 6.92 Å². The lowest BCUT2D eigenvalue weighted by Crippen LogP contribution is -1.89. The van der Waals surface area contributed by atoms with Gasteiger partial charge in [0, 0.05) is 6.61 Å². The van der Waals surface area contributed by atoms with Crippen molar-refractivity contribution in [3.8, 4) is 0 Å². The standard InChI is InChI=1S/C5H9O/c1-2-6-5-3-4-5/h3,5H,2,4H2,1H3/t5-/m0/s1. The van der Waals surface area contributed by atoms with Crippen molar-refractivity contribution < 1.29 is 4.74 Å². The molecule has 1 heteroatoms. The minimum atomic E-state index is 0.523. The second-order valence-electron chi connectivity index (χ2n) is 1.47. The molecule has 1 aliphatic rings. The first-order chi connectivity index (χ1) is 2.93. The predicted molar refractivity (Wildman–Crippen MR) is 24.3 cm³/mol. The van der Waals surface area contributed by atoms with E-state index in [0.717, 1.165) is 6.61 Å². The minimum absolute atomic E-state index is 0.523. The SMILES string of the molecule is CCO[C@H]1[CH]C1. The molecule has 0 aromatic rings. The van der Waals surface area contributed by atoms with Gasteiger partial charge in [0.15, 0.2) is 0 Å². The number of hydrogen-bond donors (Lipinski definition) is 0. The first-order valence-electron chi connectivity index (χ1n) is 2.38. The Morgan fingerprint density at radius 1 is 2.00 bits per heavy atom. The second kappa shape index (κ2) is 1.61. The largest absolute Gasteiger partial charge is 0.378 e. The molecule has 0 aromatic carbocycles. The van der Waals surface area contributed by atoms with Crippen LogP contribution in [0.15, 0.2) is 0 Å². The Bertz CT molecular complexity index is 39.2. The van der Waals surface area contributed by atoms with E-state index in [0.29, 0.717) is 6.10 Å². The molecule has 0 bridgehead atoms. The Balaban J connectivity index is 1.88. The molecule has 0 spiro atoms. The normalized spacial score (nSPS) is 21.5. The molecule has 1 nitrogen and oxygen atoms in total. The first-order valence-corrected chi connectivity index (χ1v) is 2.38. The van der Waals surface area contributed by atoms with E-state index in [9.17, 15) is 0 Å². The third-order valence-corrected chi connectivity index (χ3v) is 0.809. The van der Waals surface area contributed by atoms with E-state index in [1.165, 1.54) is 6.42 Å². The van der Waals surface area contributed by atoms with Crippen LogP contribution in [0.25, 0.3) is 0 Å². The molecule has 1 saturated carbocycles. The molecule has 0 aromatic heterocycles. The Labute approximate surface area is 38.3 Å². The van der Waals surface area contributed by atoms with Gasteiger partial charge in [-0.1, -0.05) is 0 Å². The molecule has 0 amide bonds. The van der Waals surface area contributed by atoms with Gasteiger partial charge in [0.25, 0.3) is 0 Å². The van der Waals surface area contributed by atoms with Crippen molar-refractivity contribution in [2.75, 3.05) is 6.61 Å². The lowest BCUT2D eigenvalue weighted by Gasteiger charge is -1.89. The highest BCUT2D eigenvalue weighted by atomic mass is 16.5. The van der Waals surface area contributed by atoms with Crippen molar-refractivity contribution in [1.29, 1.82) is 0 Å². The fourth-order valence-corrected chi connectivity index (χ4v) is 0.406. The minimum Gasteiger partial charge on any atom is -0.378 e. The van der Waals surface area contributed by atoms with Gasteiger partial charge in [-0.05, 0) is 19.8 Å². The zero-order valence-corrected chi connectivity index (χ0v) is 3.98. The number of hydrogen-bond acceptors (Lipinski definition) is 1. The van der Waals surface area contributed by atoms with Gasteiger partial charge in [0.2, 0.25) is 0 Å². The van der Waals surface area contributed by atoms with Crippen LogP contribution in [-0.4, -0.2) is 12.7 Å². The van der Waals surface area contributed by atoms with Crippen LogP contribution < -0.4 is 0 Å². The summed E-state index contributed by atoms with van der Waals surface area (Å²) in [4.78, 5) is 0. The summed E-state index contributed by atoms with van der Waals surface area (Å²) in [7, 11) is 0. The highest BCUT2D eigenvalue weighted by molar-refractivity contribution is 4.96. The van der Waals surface area contributed by atoms with E-state index in [4.69, 9.17) is 4.74 Å². The van der Waals surface area contributed by atoms with E-state index >= 15 is 0 Å². The summed E-state index contributed by atoms with van der Waals surface area (Å²) in [6, 6.07) is 0. The molecule has 0 heterocycles. The van der Waals surface area contributed by atoms with Crippen molar-refractivity contribution in [1.82, 2.24) is 0 Å². The van der Waals surface area contributed by atoms with Crippen LogP contribution >= 0.6 is 0 Å². The molecule has 1 rings (SSSR count). The molecule has 1 fully saturated rings. The molecular weight excluding hydrogens is 76.1 g/mol. The average Bonchev–Trinajstić information content (AvgIpc) is 2.21. The summed E-state index contributed by atoms with van der Waals surface area (Å²) in [5.74, 6) is 0. The lowest BCUT2D eigenvalue weighted by molar-refractivity contribution is 0.140. The third-order valence-electron chi connectivity index (χ3n) is 0.809. The van der Waals surface area contributed by atoms with Crippen LogP contribution in [0.4, 0.5) is 0 Å². The number of ether oxygens (including phenoxy) is 1. The maximum atomic E-state index is 5.10. The van der Waals surface area contributed by atoms with Gasteiger partial charge in [-0.15, -0.1) is 0 Å². The fraction of sp³-hybridized carbons (Fsp3) is 0.800. The van der Waals surface area contributed by atoms with Gasteiger partial charge in [-0.3, -0.25) is 0 Å². The van der Waals surface area contributed by atoms with Crippen molar-refractivity contribution in [3.63, 3.8) is 0 Å². The quantitative estimate of drug-likeness (QED) is 0.486. The van der Waals surface area contributed by atoms with Crippen molar-refractivity contribution >= 4 is 0 Å². The van der Waals surface area contributed by atoms with Gasteiger partial charge in [-0.2, -0.15) is 0 Å². The van der Waals surface area contributed by atoms with Crippen molar-refractivity contribution in [3.05, 3.63) is 6.42 Å². The zero-order chi connectivity index (χ0) is 4.41. The summed E-state index contributed by atoms with van der Waals surface area (Å²) in [5.41, 5.74) is 0. The summed E-state index contributed by atoms with van der Waals surface area (Å²) in [5, 5.41) is 0. The van der Waals surface area contributed by atoms with Crippen LogP contribution in [0.2, 0.25) is 0 Å².